The summed E-state index contributed by atoms with van der Waals surface area (Å²) < 4.78 is 16.7. The molecule has 3 heterocycles. The fraction of sp³-hybridized carbons (Fsp3) is 0.475. The number of methoxy groups -OCH3 is 1. The molecule has 1 unspecified atom stereocenters. The van der Waals surface area contributed by atoms with Gasteiger partial charge in [-0.3, -0.25) is 14.6 Å². The van der Waals surface area contributed by atoms with E-state index in [0.29, 0.717) is 55.3 Å². The van der Waals surface area contributed by atoms with Gasteiger partial charge in [-0.15, -0.1) is 5.25 Å². The van der Waals surface area contributed by atoms with Crippen LogP contribution >= 0.6 is 0 Å². The first-order valence-corrected chi connectivity index (χ1v) is 19.4. The lowest BCUT2D eigenvalue weighted by atomic mass is 9.81. The van der Waals surface area contributed by atoms with E-state index >= 15 is 0 Å². The van der Waals surface area contributed by atoms with E-state index in [9.17, 15) is 9.59 Å². The second kappa shape index (κ2) is 15.0. The molecule has 0 bridgehead atoms. The summed E-state index contributed by atoms with van der Waals surface area (Å²) in [7, 11) is 2.69. The van der Waals surface area contributed by atoms with Crippen LogP contribution in [0.5, 0.6) is 5.75 Å². The van der Waals surface area contributed by atoms with Crippen molar-refractivity contribution in [3.05, 3.63) is 58.7 Å². The average molecular weight is 695 g/mol. The molecular formula is C40H48N5O4S-. The summed E-state index contributed by atoms with van der Waals surface area (Å²) in [5.74, 6) is -0.000472. The Bertz CT molecular complexity index is 1930. The Kier molecular flexibility index (Phi) is 10.3. The number of carbonyl (C=O) groups excluding carboxylic acids is 2. The van der Waals surface area contributed by atoms with E-state index in [1.807, 2.05) is 24.3 Å². The summed E-state index contributed by atoms with van der Waals surface area (Å²) in [5, 5.41) is 9.92. The minimum absolute atomic E-state index is 0.140. The monoisotopic (exact) mass is 694 g/mol. The van der Waals surface area contributed by atoms with Crippen LogP contribution in [0.2, 0.25) is 0 Å². The van der Waals surface area contributed by atoms with Crippen molar-refractivity contribution >= 4 is 51.2 Å². The molecule has 2 aliphatic heterocycles. The lowest BCUT2D eigenvalue weighted by molar-refractivity contribution is -0.135. The topological polar surface area (TPSA) is 109 Å². The van der Waals surface area contributed by atoms with Crippen molar-refractivity contribution in [1.29, 1.82) is 5.41 Å². The highest BCUT2D eigenvalue weighted by atomic mass is 32.2. The van der Waals surface area contributed by atoms with E-state index in [2.05, 4.69) is 27.5 Å². The third-order valence-electron chi connectivity index (χ3n) is 11.0. The molecule has 7 rings (SSSR count). The maximum absolute atomic E-state index is 13.9. The predicted molar refractivity (Wildman–Crippen MR) is 203 cm³/mol. The minimum Gasteiger partial charge on any atom is -0.497 e. The Hall–Kier alpha value is -4.11. The summed E-state index contributed by atoms with van der Waals surface area (Å²) in [6.07, 6.45) is 13.6. The highest BCUT2D eigenvalue weighted by Crippen LogP contribution is 2.47. The van der Waals surface area contributed by atoms with E-state index in [-0.39, 0.29) is 11.8 Å². The van der Waals surface area contributed by atoms with Crippen molar-refractivity contribution < 1.29 is 19.1 Å². The number of aliphatic imine (C=N–C) groups is 1. The quantitative estimate of drug-likeness (QED) is 0.211. The zero-order valence-electron chi connectivity index (χ0n) is 29.2. The number of amides is 2. The molecule has 3 fully saturated rings. The van der Waals surface area contributed by atoms with Crippen molar-refractivity contribution in [3.8, 4) is 22.7 Å². The molecule has 1 saturated heterocycles. The number of ether oxygens (including phenoxy) is 2. The van der Waals surface area contributed by atoms with Gasteiger partial charge in [-0.05, 0) is 71.9 Å². The lowest BCUT2D eigenvalue weighted by Gasteiger charge is -2.30. The first-order chi connectivity index (χ1) is 24.4. The van der Waals surface area contributed by atoms with Gasteiger partial charge in [0.1, 0.15) is 11.7 Å². The molecule has 50 heavy (non-hydrogen) atoms. The standard InChI is InChI=1S/C40H48N5O4S/c1-42-37(34(24-41)40(47)44-17-19-49-20-18-44)29-21-28-22-30(48-2)14-16-32(28)38-36(26-9-5-4-6-10-26)33-15-13-27(23-35(33)45(38)25-29)39(46)43-50(3)31-11-7-8-12-31/h3,13-16,21-24,26,31,34,41H,4-12,17-20,25H2,1-2H3,(H,43,46)/q-1. The van der Waals surface area contributed by atoms with Crippen molar-refractivity contribution in [1.82, 2.24) is 14.2 Å². The smallest absolute Gasteiger partial charge is 0.237 e. The fourth-order valence-corrected chi connectivity index (χ4v) is 9.80. The van der Waals surface area contributed by atoms with Crippen molar-refractivity contribution in [2.75, 3.05) is 40.5 Å². The van der Waals surface area contributed by atoms with Gasteiger partial charge in [0, 0.05) is 48.4 Å². The van der Waals surface area contributed by atoms with Crippen molar-refractivity contribution in [3.63, 3.8) is 0 Å². The van der Waals surface area contributed by atoms with E-state index in [1.54, 1.807) is 19.1 Å². The number of rotatable bonds is 7. The number of benzene rings is 2. The number of nitrogens with zero attached hydrogens (tertiary/aromatic N) is 3. The van der Waals surface area contributed by atoms with E-state index in [1.165, 1.54) is 31.0 Å². The number of hydrogen-bond donors (Lipinski definition) is 2. The Morgan fingerprint density at radius 1 is 1.06 bits per heavy atom. The number of carbonyl (C=O) groups is 2. The van der Waals surface area contributed by atoms with Gasteiger partial charge >= 0.3 is 0 Å². The van der Waals surface area contributed by atoms with Gasteiger partial charge in [0.2, 0.25) is 11.8 Å². The van der Waals surface area contributed by atoms with Gasteiger partial charge < -0.3 is 45.2 Å². The van der Waals surface area contributed by atoms with Crippen LogP contribution in [0.4, 0.5) is 0 Å². The molecule has 10 heteroatoms. The highest BCUT2D eigenvalue weighted by molar-refractivity contribution is 7.85. The molecule has 2 amide bonds. The van der Waals surface area contributed by atoms with Gasteiger partial charge in [0.25, 0.3) is 0 Å². The molecule has 0 radical (unpaired) electrons. The van der Waals surface area contributed by atoms with Crippen LogP contribution in [0.1, 0.15) is 85.2 Å². The summed E-state index contributed by atoms with van der Waals surface area (Å²) in [5.41, 5.74) is 14.0. The number of morpholine rings is 1. The largest absolute Gasteiger partial charge is 0.497 e. The Balaban J connectivity index is 1.38. The molecule has 2 aromatic carbocycles. The van der Waals surface area contributed by atoms with Crippen LogP contribution in [0.3, 0.4) is 0 Å². The Morgan fingerprint density at radius 3 is 2.50 bits per heavy atom. The third kappa shape index (κ3) is 6.57. The zero-order valence-corrected chi connectivity index (χ0v) is 30.0. The highest BCUT2D eigenvalue weighted by Gasteiger charge is 2.34. The Morgan fingerprint density at radius 2 is 1.80 bits per heavy atom. The second-order valence-electron chi connectivity index (χ2n) is 13.9. The number of nitrogens with one attached hydrogen (secondary N) is 2. The molecule has 0 spiro atoms. The molecule has 2 aliphatic carbocycles. The molecule has 2 N–H and O–H groups in total. The van der Waals surface area contributed by atoms with Gasteiger partial charge in [-0.25, -0.2) is 0 Å². The van der Waals surface area contributed by atoms with Gasteiger partial charge in [0.15, 0.2) is 0 Å². The zero-order chi connectivity index (χ0) is 34.8. The maximum Gasteiger partial charge on any atom is 0.237 e. The van der Waals surface area contributed by atoms with E-state index < -0.39 is 16.4 Å². The normalized spacial score (nSPS) is 19.4. The summed E-state index contributed by atoms with van der Waals surface area (Å²) in [6, 6.07) is 12.3. The maximum atomic E-state index is 13.9. The van der Waals surface area contributed by atoms with Gasteiger partial charge in [-0.2, -0.15) is 0 Å². The summed E-state index contributed by atoms with van der Waals surface area (Å²) in [6.45, 7) is 2.38. The number of aromatic nitrogens is 1. The van der Waals surface area contributed by atoms with E-state index in [4.69, 9.17) is 25.6 Å². The minimum atomic E-state index is -0.834. The Labute approximate surface area is 297 Å². The van der Waals surface area contributed by atoms with Crippen LogP contribution in [0, 0.1) is 17.0 Å². The lowest BCUT2D eigenvalue weighted by Crippen LogP contribution is -2.46. The van der Waals surface area contributed by atoms with Crippen LogP contribution < -0.4 is 9.46 Å². The molecule has 9 nitrogen and oxygen atoms in total. The van der Waals surface area contributed by atoms with Crippen LogP contribution in [-0.4, -0.2) is 78.9 Å². The second-order valence-corrected chi connectivity index (χ2v) is 15.6. The number of allylic oxidation sites excluding steroid dienone is 1. The molecule has 1 atom stereocenters. The van der Waals surface area contributed by atoms with Gasteiger partial charge in [0.05, 0.1) is 38.3 Å². The molecule has 264 valence electrons. The predicted octanol–water partition coefficient (Wildman–Crippen LogP) is 6.75. The van der Waals surface area contributed by atoms with E-state index in [0.717, 1.165) is 77.6 Å². The average Bonchev–Trinajstić information content (AvgIpc) is 3.77. The summed E-state index contributed by atoms with van der Waals surface area (Å²) in [4.78, 5) is 34.1. The van der Waals surface area contributed by atoms with Crippen LogP contribution in [-0.2, 0) is 26.6 Å². The number of fused-ring (bicyclic) bond motifs is 5. The van der Waals surface area contributed by atoms with Crippen LogP contribution in [0.25, 0.3) is 28.2 Å². The van der Waals surface area contributed by atoms with Gasteiger partial charge in [-0.1, -0.05) is 51.0 Å². The van der Waals surface area contributed by atoms with Crippen LogP contribution in [0.15, 0.2) is 47.0 Å². The molecule has 3 aromatic rings. The first-order valence-electron chi connectivity index (χ1n) is 18.1. The molecule has 1 aromatic heterocycles. The van der Waals surface area contributed by atoms with Crippen molar-refractivity contribution in [2.45, 2.75) is 75.5 Å². The number of hydrogen-bond acceptors (Lipinski definition) is 7. The molecule has 4 aliphatic rings. The summed E-state index contributed by atoms with van der Waals surface area (Å²) >= 11 is 0. The van der Waals surface area contributed by atoms with Crippen molar-refractivity contribution in [2.24, 2.45) is 10.9 Å². The molecular weight excluding hydrogens is 647 g/mol. The SMILES string of the molecule is C#[S-](NC(=O)c1ccc2c(C3CCCCC3)c3n(c2c1)CC(C(=NC)C(C=N)C(=O)N1CCOCC1)=Cc1cc(OC)ccc1-3)C1CCCC1. The fourth-order valence-electron chi connectivity index (χ4n) is 8.46. The first kappa shape index (κ1) is 34.3. The molecule has 2 saturated carbocycles. The third-order valence-corrected chi connectivity index (χ3v) is 12.7.